The fraction of sp³-hybridized carbons (Fsp3) is 0.222. The second-order valence-electron chi connectivity index (χ2n) is 2.39. The minimum absolute atomic E-state index is 0.253. The quantitative estimate of drug-likeness (QED) is 0.714. The van der Waals surface area contributed by atoms with Gasteiger partial charge in [0, 0.05) is 6.42 Å². The maximum absolute atomic E-state index is 13.0. The fourth-order valence-electron chi connectivity index (χ4n) is 0.903. The van der Waals surface area contributed by atoms with Gasteiger partial charge in [-0.05, 0) is 11.6 Å². The summed E-state index contributed by atoms with van der Waals surface area (Å²) in [5, 5.41) is 8.47. The highest BCUT2D eigenvalue weighted by molar-refractivity contribution is 9.09. The lowest BCUT2D eigenvalue weighted by Crippen LogP contribution is -2.00. The van der Waals surface area contributed by atoms with Crippen molar-refractivity contribution in [1.82, 2.24) is 0 Å². The van der Waals surface area contributed by atoms with E-state index in [4.69, 9.17) is 5.26 Å². The summed E-state index contributed by atoms with van der Waals surface area (Å²) < 4.78 is 13.0. The number of nitriles is 1. The van der Waals surface area contributed by atoms with Crippen molar-refractivity contribution in [2.75, 3.05) is 0 Å². The van der Waals surface area contributed by atoms with Gasteiger partial charge in [0.2, 0.25) is 0 Å². The van der Waals surface area contributed by atoms with Crippen molar-refractivity contribution in [2.45, 2.75) is 11.2 Å². The van der Waals surface area contributed by atoms with Crippen LogP contribution in [0.25, 0.3) is 0 Å². The standard InChI is InChI=1S/C9H7BrFN/c10-8(6-12)5-7-3-1-2-4-9(7)11/h1-4,8H,5H2. The molecule has 1 unspecified atom stereocenters. The van der Waals surface area contributed by atoms with E-state index in [0.29, 0.717) is 12.0 Å². The number of hydrogen-bond acceptors (Lipinski definition) is 1. The highest BCUT2D eigenvalue weighted by atomic mass is 79.9. The van der Waals surface area contributed by atoms with Gasteiger partial charge in [0.15, 0.2) is 0 Å². The van der Waals surface area contributed by atoms with Gasteiger partial charge in [-0.25, -0.2) is 4.39 Å². The van der Waals surface area contributed by atoms with E-state index in [1.54, 1.807) is 18.2 Å². The number of nitrogens with zero attached hydrogens (tertiary/aromatic N) is 1. The van der Waals surface area contributed by atoms with Gasteiger partial charge in [0.25, 0.3) is 0 Å². The van der Waals surface area contributed by atoms with Crippen LogP contribution in [0.1, 0.15) is 5.56 Å². The molecule has 0 aliphatic carbocycles. The van der Waals surface area contributed by atoms with Crippen molar-refractivity contribution < 1.29 is 4.39 Å². The van der Waals surface area contributed by atoms with Gasteiger partial charge in [0.1, 0.15) is 10.6 Å². The molecule has 0 saturated carbocycles. The Bertz CT molecular complexity index is 306. The van der Waals surface area contributed by atoms with E-state index in [2.05, 4.69) is 15.9 Å². The number of alkyl halides is 1. The number of benzene rings is 1. The lowest BCUT2D eigenvalue weighted by molar-refractivity contribution is 0.611. The first-order valence-corrected chi connectivity index (χ1v) is 4.42. The molecule has 0 aliphatic heterocycles. The third kappa shape index (κ3) is 2.31. The molecule has 1 nitrogen and oxygen atoms in total. The van der Waals surface area contributed by atoms with Crippen LogP contribution in [0.4, 0.5) is 4.39 Å². The molecule has 0 radical (unpaired) electrons. The summed E-state index contributed by atoms with van der Waals surface area (Å²) in [7, 11) is 0. The van der Waals surface area contributed by atoms with Crippen molar-refractivity contribution in [2.24, 2.45) is 0 Å². The summed E-state index contributed by atoms with van der Waals surface area (Å²) in [4.78, 5) is -0.311. The molecule has 1 atom stereocenters. The highest BCUT2D eigenvalue weighted by Gasteiger charge is 2.06. The molecule has 0 spiro atoms. The van der Waals surface area contributed by atoms with Crippen molar-refractivity contribution in [1.29, 1.82) is 5.26 Å². The fourth-order valence-corrected chi connectivity index (χ4v) is 1.25. The van der Waals surface area contributed by atoms with Crippen molar-refractivity contribution in [3.05, 3.63) is 35.6 Å². The molecule has 0 heterocycles. The molecule has 0 aliphatic rings. The summed E-state index contributed by atoms with van der Waals surface area (Å²) in [5.41, 5.74) is 0.570. The third-order valence-electron chi connectivity index (χ3n) is 1.50. The SMILES string of the molecule is N#CC(Br)Cc1ccccc1F. The molecule has 62 valence electrons. The Hall–Kier alpha value is -0.880. The Morgan fingerprint density at radius 2 is 2.17 bits per heavy atom. The van der Waals surface area contributed by atoms with Crippen LogP contribution < -0.4 is 0 Å². The van der Waals surface area contributed by atoms with Gasteiger partial charge in [-0.15, -0.1) is 0 Å². The third-order valence-corrected chi connectivity index (χ3v) is 2.03. The number of halogens is 2. The first kappa shape index (κ1) is 9.21. The topological polar surface area (TPSA) is 23.8 Å². The van der Waals surface area contributed by atoms with Gasteiger partial charge < -0.3 is 0 Å². The smallest absolute Gasteiger partial charge is 0.126 e. The first-order chi connectivity index (χ1) is 5.74. The number of hydrogen-bond donors (Lipinski definition) is 0. The zero-order chi connectivity index (χ0) is 8.97. The molecular weight excluding hydrogens is 221 g/mol. The number of rotatable bonds is 2. The molecule has 1 aromatic rings. The average molecular weight is 228 g/mol. The summed E-state index contributed by atoms with van der Waals surface area (Å²) >= 11 is 3.12. The zero-order valence-corrected chi connectivity index (χ0v) is 7.88. The Kier molecular flexibility index (Phi) is 3.24. The van der Waals surface area contributed by atoms with Crippen LogP contribution in [0.15, 0.2) is 24.3 Å². The highest BCUT2D eigenvalue weighted by Crippen LogP contribution is 2.12. The van der Waals surface area contributed by atoms with E-state index in [1.165, 1.54) is 6.07 Å². The molecule has 1 aromatic carbocycles. The van der Waals surface area contributed by atoms with E-state index in [9.17, 15) is 4.39 Å². The summed E-state index contributed by atoms with van der Waals surface area (Å²) in [6.07, 6.45) is 0.406. The molecule has 0 saturated heterocycles. The molecule has 0 N–H and O–H groups in total. The molecule has 12 heavy (non-hydrogen) atoms. The predicted molar refractivity (Wildman–Crippen MR) is 48.4 cm³/mol. The average Bonchev–Trinajstić information content (AvgIpc) is 2.09. The summed E-state index contributed by atoms with van der Waals surface area (Å²) in [6, 6.07) is 8.46. The molecule has 0 aromatic heterocycles. The molecule has 1 rings (SSSR count). The lowest BCUT2D eigenvalue weighted by atomic mass is 10.1. The summed E-state index contributed by atoms with van der Waals surface area (Å²) in [5.74, 6) is -0.253. The monoisotopic (exact) mass is 227 g/mol. The zero-order valence-electron chi connectivity index (χ0n) is 6.30. The molecule has 3 heteroatoms. The van der Waals surface area contributed by atoms with Gasteiger partial charge in [-0.2, -0.15) is 5.26 Å². The van der Waals surface area contributed by atoms with E-state index in [1.807, 2.05) is 6.07 Å². The summed E-state index contributed by atoms with van der Waals surface area (Å²) in [6.45, 7) is 0. The Balaban J connectivity index is 2.77. The van der Waals surface area contributed by atoms with Gasteiger partial charge in [-0.1, -0.05) is 34.1 Å². The van der Waals surface area contributed by atoms with Crippen LogP contribution >= 0.6 is 15.9 Å². The Morgan fingerprint density at radius 1 is 1.50 bits per heavy atom. The van der Waals surface area contributed by atoms with Crippen LogP contribution in [0.2, 0.25) is 0 Å². The van der Waals surface area contributed by atoms with Gasteiger partial charge in [0.05, 0.1) is 6.07 Å². The first-order valence-electron chi connectivity index (χ1n) is 3.51. The maximum Gasteiger partial charge on any atom is 0.126 e. The Labute approximate surface area is 79.0 Å². The van der Waals surface area contributed by atoms with Crippen molar-refractivity contribution in [3.63, 3.8) is 0 Å². The van der Waals surface area contributed by atoms with E-state index < -0.39 is 0 Å². The van der Waals surface area contributed by atoms with Gasteiger partial charge in [-0.3, -0.25) is 0 Å². The second-order valence-corrected chi connectivity index (χ2v) is 3.50. The van der Waals surface area contributed by atoms with Crippen LogP contribution in [-0.4, -0.2) is 4.83 Å². The minimum Gasteiger partial charge on any atom is -0.207 e. The van der Waals surface area contributed by atoms with E-state index in [-0.39, 0.29) is 10.6 Å². The molecule has 0 bridgehead atoms. The molecular formula is C9H7BrFN. The van der Waals surface area contributed by atoms with Crippen molar-refractivity contribution >= 4 is 15.9 Å². The van der Waals surface area contributed by atoms with Crippen LogP contribution in [0, 0.1) is 17.1 Å². The second kappa shape index (κ2) is 4.22. The van der Waals surface area contributed by atoms with Crippen LogP contribution in [0.5, 0.6) is 0 Å². The van der Waals surface area contributed by atoms with Crippen LogP contribution in [0.3, 0.4) is 0 Å². The molecule has 0 fully saturated rings. The largest absolute Gasteiger partial charge is 0.207 e. The lowest BCUT2D eigenvalue weighted by Gasteiger charge is -2.01. The predicted octanol–water partition coefficient (Wildman–Crippen LogP) is 2.66. The van der Waals surface area contributed by atoms with E-state index in [0.717, 1.165) is 0 Å². The Morgan fingerprint density at radius 3 is 2.75 bits per heavy atom. The van der Waals surface area contributed by atoms with Crippen LogP contribution in [-0.2, 0) is 6.42 Å². The maximum atomic E-state index is 13.0. The van der Waals surface area contributed by atoms with Gasteiger partial charge >= 0.3 is 0 Å². The normalized spacial score (nSPS) is 12.1. The molecule has 0 amide bonds. The van der Waals surface area contributed by atoms with E-state index >= 15 is 0 Å². The minimum atomic E-state index is -0.311. The van der Waals surface area contributed by atoms with Crippen molar-refractivity contribution in [3.8, 4) is 6.07 Å².